The number of rotatable bonds is 5. The van der Waals surface area contributed by atoms with Crippen LogP contribution in [0, 0.1) is 18.8 Å². The quantitative estimate of drug-likeness (QED) is 0.824. The van der Waals surface area contributed by atoms with Gasteiger partial charge in [-0.1, -0.05) is 24.3 Å². The number of hydrogen-bond donors (Lipinski definition) is 1. The van der Waals surface area contributed by atoms with E-state index in [2.05, 4.69) is 19.1 Å². The van der Waals surface area contributed by atoms with Gasteiger partial charge in [-0.05, 0) is 49.1 Å². The van der Waals surface area contributed by atoms with Crippen molar-refractivity contribution in [1.82, 2.24) is 0 Å². The van der Waals surface area contributed by atoms with Gasteiger partial charge in [0.05, 0.1) is 0 Å². The summed E-state index contributed by atoms with van der Waals surface area (Å²) >= 11 is 0. The maximum atomic E-state index is 10.8. The Hall–Kier alpha value is -1.31. The van der Waals surface area contributed by atoms with Crippen LogP contribution in [0.15, 0.2) is 24.3 Å². The molecule has 0 radical (unpaired) electrons. The lowest BCUT2D eigenvalue weighted by molar-refractivity contribution is -0.138. The highest BCUT2D eigenvalue weighted by Gasteiger charge is 2.32. The van der Waals surface area contributed by atoms with Crippen molar-refractivity contribution < 1.29 is 9.90 Å². The third kappa shape index (κ3) is 2.84. The van der Waals surface area contributed by atoms with Crippen LogP contribution in [0.4, 0.5) is 0 Å². The molecule has 86 valence electrons. The van der Waals surface area contributed by atoms with Crippen molar-refractivity contribution >= 4 is 5.97 Å². The van der Waals surface area contributed by atoms with Gasteiger partial charge in [-0.2, -0.15) is 0 Å². The van der Waals surface area contributed by atoms with Crippen molar-refractivity contribution in [3.05, 3.63) is 35.4 Å². The van der Waals surface area contributed by atoms with Crippen LogP contribution in [0.2, 0.25) is 0 Å². The molecule has 0 amide bonds. The van der Waals surface area contributed by atoms with E-state index in [0.29, 0.717) is 18.3 Å². The molecule has 16 heavy (non-hydrogen) atoms. The molecule has 0 saturated heterocycles. The van der Waals surface area contributed by atoms with E-state index in [0.717, 1.165) is 6.42 Å². The van der Waals surface area contributed by atoms with Crippen molar-refractivity contribution in [2.45, 2.75) is 32.6 Å². The zero-order chi connectivity index (χ0) is 11.5. The first kappa shape index (κ1) is 11.2. The molecule has 0 aromatic heterocycles. The van der Waals surface area contributed by atoms with Gasteiger partial charge >= 0.3 is 5.97 Å². The van der Waals surface area contributed by atoms with Crippen LogP contribution in [0.5, 0.6) is 0 Å². The molecule has 2 nitrogen and oxygen atoms in total. The van der Waals surface area contributed by atoms with Crippen LogP contribution in [-0.4, -0.2) is 11.1 Å². The molecule has 0 aliphatic heterocycles. The number of aliphatic carboxylic acids is 1. The minimum atomic E-state index is -0.662. The number of hydrogen-bond acceptors (Lipinski definition) is 1. The first-order chi connectivity index (χ1) is 7.66. The van der Waals surface area contributed by atoms with Gasteiger partial charge in [0.15, 0.2) is 0 Å². The van der Waals surface area contributed by atoms with Crippen LogP contribution in [-0.2, 0) is 11.2 Å². The molecule has 2 heteroatoms. The van der Waals surface area contributed by atoms with Gasteiger partial charge in [0.1, 0.15) is 0 Å². The van der Waals surface area contributed by atoms with E-state index in [1.807, 2.05) is 12.1 Å². The Balaban J connectivity index is 2.05. The average molecular weight is 218 g/mol. The molecule has 0 heterocycles. The van der Waals surface area contributed by atoms with E-state index < -0.39 is 5.97 Å². The maximum Gasteiger partial charge on any atom is 0.303 e. The summed E-state index contributed by atoms with van der Waals surface area (Å²) in [5.74, 6) is 0.319. The number of carbonyl (C=O) groups is 1. The molecule has 1 N–H and O–H groups in total. The third-order valence-electron chi connectivity index (χ3n) is 3.47. The summed E-state index contributed by atoms with van der Waals surface area (Å²) in [4.78, 5) is 10.8. The first-order valence-electron chi connectivity index (χ1n) is 5.93. The minimum absolute atomic E-state index is 0.318. The van der Waals surface area contributed by atoms with Gasteiger partial charge in [0.2, 0.25) is 0 Å². The summed E-state index contributed by atoms with van der Waals surface area (Å²) in [6.07, 6.45) is 3.66. The van der Waals surface area contributed by atoms with Crippen molar-refractivity contribution in [3.63, 3.8) is 0 Å². The fourth-order valence-electron chi connectivity index (χ4n) is 2.32. The second kappa shape index (κ2) is 4.69. The standard InChI is InChI=1S/C14H18O2/c1-10-4-2-3-5-12(10)8-13(9-14(15)16)11-6-7-11/h2-5,11,13H,6-9H2,1H3,(H,15,16). The SMILES string of the molecule is Cc1ccccc1CC(CC(=O)O)C1CC1. The van der Waals surface area contributed by atoms with Gasteiger partial charge in [-0.25, -0.2) is 0 Å². The number of benzene rings is 1. The minimum Gasteiger partial charge on any atom is -0.481 e. The van der Waals surface area contributed by atoms with Gasteiger partial charge in [0.25, 0.3) is 0 Å². The van der Waals surface area contributed by atoms with Crippen LogP contribution in [0.1, 0.15) is 30.4 Å². The van der Waals surface area contributed by atoms with Gasteiger partial charge in [-0.15, -0.1) is 0 Å². The lowest BCUT2D eigenvalue weighted by Gasteiger charge is -2.15. The molecule has 1 fully saturated rings. The Morgan fingerprint density at radius 1 is 1.44 bits per heavy atom. The molecule has 1 aliphatic carbocycles. The fourth-order valence-corrected chi connectivity index (χ4v) is 2.32. The van der Waals surface area contributed by atoms with Crippen molar-refractivity contribution in [1.29, 1.82) is 0 Å². The van der Waals surface area contributed by atoms with Crippen LogP contribution in [0.3, 0.4) is 0 Å². The number of aryl methyl sites for hydroxylation is 1. The summed E-state index contributed by atoms with van der Waals surface area (Å²) in [5.41, 5.74) is 2.58. The van der Waals surface area contributed by atoms with E-state index in [4.69, 9.17) is 5.11 Å². The zero-order valence-corrected chi connectivity index (χ0v) is 9.65. The normalized spacial score (nSPS) is 17.1. The van der Waals surface area contributed by atoms with E-state index in [-0.39, 0.29) is 0 Å². The molecule has 0 bridgehead atoms. The monoisotopic (exact) mass is 218 g/mol. The number of carboxylic acid groups (broad SMARTS) is 1. The molecule has 2 rings (SSSR count). The summed E-state index contributed by atoms with van der Waals surface area (Å²) in [6, 6.07) is 8.28. The molecule has 1 saturated carbocycles. The molecule has 1 aromatic rings. The molecule has 0 spiro atoms. The Morgan fingerprint density at radius 2 is 2.12 bits per heavy atom. The van der Waals surface area contributed by atoms with Gasteiger partial charge in [-0.3, -0.25) is 4.79 Å². The van der Waals surface area contributed by atoms with Crippen LogP contribution >= 0.6 is 0 Å². The number of carboxylic acids is 1. The van der Waals surface area contributed by atoms with Crippen molar-refractivity contribution in [2.75, 3.05) is 0 Å². The van der Waals surface area contributed by atoms with Crippen molar-refractivity contribution in [2.24, 2.45) is 11.8 Å². The predicted molar refractivity (Wildman–Crippen MR) is 63.3 cm³/mol. The second-order valence-electron chi connectivity index (χ2n) is 4.83. The van der Waals surface area contributed by atoms with Crippen molar-refractivity contribution in [3.8, 4) is 0 Å². The Kier molecular flexibility index (Phi) is 3.28. The summed E-state index contributed by atoms with van der Waals surface area (Å²) in [7, 11) is 0. The lowest BCUT2D eigenvalue weighted by Crippen LogP contribution is -2.13. The van der Waals surface area contributed by atoms with Gasteiger partial charge in [0, 0.05) is 6.42 Å². The van der Waals surface area contributed by atoms with Crippen LogP contribution < -0.4 is 0 Å². The second-order valence-corrected chi connectivity index (χ2v) is 4.83. The molecule has 1 aliphatic rings. The topological polar surface area (TPSA) is 37.3 Å². The van der Waals surface area contributed by atoms with Crippen LogP contribution in [0.25, 0.3) is 0 Å². The molecular weight excluding hydrogens is 200 g/mol. The molecular formula is C14H18O2. The Labute approximate surface area is 96.3 Å². The van der Waals surface area contributed by atoms with Gasteiger partial charge < -0.3 is 5.11 Å². The highest BCUT2D eigenvalue weighted by Crippen LogP contribution is 2.40. The van der Waals surface area contributed by atoms with E-state index >= 15 is 0 Å². The third-order valence-corrected chi connectivity index (χ3v) is 3.47. The molecule has 1 aromatic carbocycles. The first-order valence-corrected chi connectivity index (χ1v) is 5.93. The summed E-state index contributed by atoms with van der Waals surface area (Å²) in [6.45, 7) is 2.10. The smallest absolute Gasteiger partial charge is 0.303 e. The Bertz CT molecular complexity index is 380. The van der Waals surface area contributed by atoms with E-state index in [9.17, 15) is 4.79 Å². The zero-order valence-electron chi connectivity index (χ0n) is 9.65. The van der Waals surface area contributed by atoms with E-state index in [1.54, 1.807) is 0 Å². The predicted octanol–water partition coefficient (Wildman–Crippen LogP) is 3.04. The lowest BCUT2D eigenvalue weighted by atomic mass is 9.90. The summed E-state index contributed by atoms with van der Waals surface area (Å²) in [5, 5.41) is 8.91. The summed E-state index contributed by atoms with van der Waals surface area (Å²) < 4.78 is 0. The molecule has 1 atom stereocenters. The highest BCUT2D eigenvalue weighted by molar-refractivity contribution is 5.67. The fraction of sp³-hybridized carbons (Fsp3) is 0.500. The largest absolute Gasteiger partial charge is 0.481 e. The molecule has 1 unspecified atom stereocenters. The highest BCUT2D eigenvalue weighted by atomic mass is 16.4. The van der Waals surface area contributed by atoms with E-state index in [1.165, 1.54) is 24.0 Å². The average Bonchev–Trinajstić information content (AvgIpc) is 3.03. The maximum absolute atomic E-state index is 10.8. The Morgan fingerprint density at radius 3 is 2.69 bits per heavy atom.